The average molecular weight is 242 g/mol. The molecule has 14 heavy (non-hydrogen) atoms. The van der Waals surface area contributed by atoms with Gasteiger partial charge in [-0.2, -0.15) is 0 Å². The van der Waals surface area contributed by atoms with Crippen molar-refractivity contribution in [2.75, 3.05) is 0 Å². The summed E-state index contributed by atoms with van der Waals surface area (Å²) < 4.78 is 32.8. The Morgan fingerprint density at radius 2 is 1.29 bits per heavy atom. The van der Waals surface area contributed by atoms with Gasteiger partial charge in [0.25, 0.3) is 0 Å². The summed E-state index contributed by atoms with van der Waals surface area (Å²) in [6.07, 6.45) is 0. The van der Waals surface area contributed by atoms with Gasteiger partial charge in [-0.3, -0.25) is 0 Å². The van der Waals surface area contributed by atoms with Crippen LogP contribution in [0.5, 0.6) is 11.5 Å². The van der Waals surface area contributed by atoms with Gasteiger partial charge in [-0.1, -0.05) is 12.1 Å². The first-order valence-electron chi connectivity index (χ1n) is 3.34. The molecule has 0 aliphatic heterocycles. The summed E-state index contributed by atoms with van der Waals surface area (Å²) in [5.74, 6) is -0.328. The molecule has 0 saturated heterocycles. The van der Waals surface area contributed by atoms with E-state index in [0.717, 1.165) is 0 Å². The quantitative estimate of drug-likeness (QED) is 0.797. The summed E-state index contributed by atoms with van der Waals surface area (Å²) >= 11 is 0. The molecule has 0 radical (unpaired) electrons. The lowest BCUT2D eigenvalue weighted by Gasteiger charge is -2.09. The Kier molecular flexibility index (Phi) is 4.42. The molecule has 0 spiro atoms. The second-order valence-corrected chi connectivity index (χ2v) is 3.35. The molecule has 2 N–H and O–H groups in total. The number of benzene rings is 1. The van der Waals surface area contributed by atoms with Crippen molar-refractivity contribution in [1.29, 1.82) is 0 Å². The highest BCUT2D eigenvalue weighted by atomic mass is 31.2. The van der Waals surface area contributed by atoms with E-state index in [9.17, 15) is 8.39 Å². The molecule has 0 aromatic heterocycles. The standard InChI is InChI=1S/C6H6F2O4P2/c7-13(9)11-5-3-1-2-4-6(5)12-14(8)10/h1-4,9-10H. The fraction of sp³-hybridized carbons (Fsp3) is 0. The molecule has 0 bridgehead atoms. The molecule has 78 valence electrons. The summed E-state index contributed by atoms with van der Waals surface area (Å²) in [7, 11) is -6.19. The van der Waals surface area contributed by atoms with Crippen LogP contribution in [0.1, 0.15) is 0 Å². The molecule has 1 aromatic rings. The maximum Gasteiger partial charge on any atom is 0.436 e. The first-order valence-corrected chi connectivity index (χ1v) is 5.55. The number of hydrogen-bond donors (Lipinski definition) is 2. The summed E-state index contributed by atoms with van der Waals surface area (Å²) in [6.45, 7) is 0. The van der Waals surface area contributed by atoms with Gasteiger partial charge in [-0.15, -0.1) is 8.39 Å². The van der Waals surface area contributed by atoms with Gasteiger partial charge < -0.3 is 18.8 Å². The van der Waals surface area contributed by atoms with Crippen molar-refractivity contribution in [3.05, 3.63) is 24.3 Å². The Hall–Kier alpha value is -0.540. The largest absolute Gasteiger partial charge is 0.436 e. The van der Waals surface area contributed by atoms with Gasteiger partial charge in [0.1, 0.15) is 0 Å². The highest BCUT2D eigenvalue weighted by Gasteiger charge is 2.14. The van der Waals surface area contributed by atoms with Gasteiger partial charge in [-0.05, 0) is 12.1 Å². The van der Waals surface area contributed by atoms with Crippen molar-refractivity contribution in [3.8, 4) is 11.5 Å². The number of hydrogen-bond acceptors (Lipinski definition) is 4. The normalized spacial score (nSPS) is 14.6. The molecule has 1 aromatic carbocycles. The molecule has 0 amide bonds. The fourth-order valence-corrected chi connectivity index (χ4v) is 1.39. The molecule has 1 rings (SSSR count). The summed E-state index contributed by atoms with van der Waals surface area (Å²) in [5.41, 5.74) is 0. The Morgan fingerprint density at radius 3 is 1.57 bits per heavy atom. The van der Waals surface area contributed by atoms with Crippen molar-refractivity contribution < 1.29 is 27.2 Å². The van der Waals surface area contributed by atoms with E-state index in [-0.39, 0.29) is 11.5 Å². The lowest BCUT2D eigenvalue weighted by Crippen LogP contribution is -1.88. The van der Waals surface area contributed by atoms with Crippen LogP contribution in [0.4, 0.5) is 8.39 Å². The summed E-state index contributed by atoms with van der Waals surface area (Å²) in [5, 5.41) is 0. The highest BCUT2D eigenvalue weighted by Crippen LogP contribution is 2.44. The van der Waals surface area contributed by atoms with E-state index in [1.165, 1.54) is 24.3 Å². The predicted molar refractivity (Wildman–Crippen MR) is 48.2 cm³/mol. The van der Waals surface area contributed by atoms with Crippen LogP contribution in [0.25, 0.3) is 0 Å². The van der Waals surface area contributed by atoms with E-state index in [0.29, 0.717) is 0 Å². The van der Waals surface area contributed by atoms with E-state index in [2.05, 4.69) is 9.05 Å². The SMILES string of the molecule is OP(F)Oc1ccccc1OP(O)F. The third-order valence-corrected chi connectivity index (χ3v) is 1.89. The van der Waals surface area contributed by atoms with E-state index in [1.807, 2.05) is 0 Å². The molecule has 4 nitrogen and oxygen atoms in total. The van der Waals surface area contributed by atoms with Gasteiger partial charge in [0.2, 0.25) is 0 Å². The molecule has 0 saturated carbocycles. The minimum atomic E-state index is -3.09. The number of rotatable bonds is 4. The zero-order valence-corrected chi connectivity index (χ0v) is 8.46. The van der Waals surface area contributed by atoms with Gasteiger partial charge in [0.15, 0.2) is 11.5 Å². The van der Waals surface area contributed by atoms with Crippen molar-refractivity contribution in [3.63, 3.8) is 0 Å². The number of halogens is 2. The summed E-state index contributed by atoms with van der Waals surface area (Å²) in [6, 6.07) is 5.52. The topological polar surface area (TPSA) is 58.9 Å². The Labute approximate surface area is 81.2 Å². The number of para-hydroxylation sites is 2. The maximum atomic E-state index is 12.1. The molecule has 2 unspecified atom stereocenters. The minimum Gasteiger partial charge on any atom is -0.420 e. The smallest absolute Gasteiger partial charge is 0.420 e. The van der Waals surface area contributed by atoms with Crippen molar-refractivity contribution in [1.82, 2.24) is 0 Å². The third-order valence-electron chi connectivity index (χ3n) is 1.20. The lowest BCUT2D eigenvalue weighted by molar-refractivity contribution is 0.400. The van der Waals surface area contributed by atoms with Crippen LogP contribution < -0.4 is 9.05 Å². The molecule has 0 fully saturated rings. The van der Waals surface area contributed by atoms with Crippen LogP contribution in [0.15, 0.2) is 24.3 Å². The van der Waals surface area contributed by atoms with Gasteiger partial charge in [0.05, 0.1) is 0 Å². The van der Waals surface area contributed by atoms with Crippen LogP contribution >= 0.6 is 17.4 Å². The third kappa shape index (κ3) is 3.68. The minimum absolute atomic E-state index is 0.164. The van der Waals surface area contributed by atoms with Gasteiger partial charge in [0, 0.05) is 0 Å². The van der Waals surface area contributed by atoms with Crippen LogP contribution in [0.3, 0.4) is 0 Å². The predicted octanol–water partition coefficient (Wildman–Crippen LogP) is 2.82. The van der Waals surface area contributed by atoms with Crippen molar-refractivity contribution in [2.24, 2.45) is 0 Å². The highest BCUT2D eigenvalue weighted by molar-refractivity contribution is 7.41. The molecule has 0 heterocycles. The van der Waals surface area contributed by atoms with Crippen LogP contribution in [0, 0.1) is 0 Å². The van der Waals surface area contributed by atoms with Crippen LogP contribution in [-0.4, -0.2) is 9.79 Å². The monoisotopic (exact) mass is 242 g/mol. The fourth-order valence-electron chi connectivity index (χ4n) is 0.763. The van der Waals surface area contributed by atoms with Crippen LogP contribution in [-0.2, 0) is 0 Å². The molecule has 8 heteroatoms. The van der Waals surface area contributed by atoms with Gasteiger partial charge >= 0.3 is 17.4 Å². The van der Waals surface area contributed by atoms with E-state index >= 15 is 0 Å². The Balaban J connectivity index is 2.80. The van der Waals surface area contributed by atoms with E-state index in [4.69, 9.17) is 9.79 Å². The molecule has 0 aliphatic rings. The van der Waals surface area contributed by atoms with Crippen molar-refractivity contribution >= 4 is 17.4 Å². The Bertz CT molecular complexity index is 268. The van der Waals surface area contributed by atoms with Gasteiger partial charge in [-0.25, -0.2) is 0 Å². The maximum absolute atomic E-state index is 12.1. The zero-order valence-electron chi connectivity index (χ0n) is 6.67. The first kappa shape index (κ1) is 11.5. The lowest BCUT2D eigenvalue weighted by atomic mass is 10.3. The summed E-state index contributed by atoms with van der Waals surface area (Å²) in [4.78, 5) is 16.7. The molecular formula is C6H6F2O4P2. The Morgan fingerprint density at radius 1 is 0.929 bits per heavy atom. The molecule has 0 aliphatic carbocycles. The second-order valence-electron chi connectivity index (χ2n) is 2.08. The second kappa shape index (κ2) is 5.37. The van der Waals surface area contributed by atoms with Crippen molar-refractivity contribution in [2.45, 2.75) is 0 Å². The average Bonchev–Trinajstić information content (AvgIpc) is 2.06. The van der Waals surface area contributed by atoms with Crippen LogP contribution in [0.2, 0.25) is 0 Å². The molecule has 2 atom stereocenters. The molecular weight excluding hydrogens is 236 g/mol. The van der Waals surface area contributed by atoms with E-state index in [1.54, 1.807) is 0 Å². The van der Waals surface area contributed by atoms with E-state index < -0.39 is 17.4 Å². The first-order chi connectivity index (χ1) is 6.59. The zero-order chi connectivity index (χ0) is 10.6.